The van der Waals surface area contributed by atoms with Gasteiger partial charge < -0.3 is 10.2 Å². The number of allylic oxidation sites excluding steroid dienone is 1. The molecule has 1 fully saturated rings. The van der Waals surface area contributed by atoms with Crippen LogP contribution in [0.3, 0.4) is 0 Å². The second-order valence-corrected chi connectivity index (χ2v) is 9.50. The summed E-state index contributed by atoms with van der Waals surface area (Å²) in [6.07, 6.45) is 6.17. The Morgan fingerprint density at radius 3 is 2.66 bits per heavy atom. The second kappa shape index (κ2) is 8.93. The van der Waals surface area contributed by atoms with Gasteiger partial charge in [-0.1, -0.05) is 6.08 Å². The fraction of sp³-hybridized carbons (Fsp3) is 0.471. The van der Waals surface area contributed by atoms with Crippen molar-refractivity contribution >= 4 is 50.4 Å². The Kier molecular flexibility index (Phi) is 6.55. The van der Waals surface area contributed by atoms with Gasteiger partial charge in [0.15, 0.2) is 5.13 Å². The number of anilines is 1. The van der Waals surface area contributed by atoms with Crippen LogP contribution in [0.25, 0.3) is 0 Å². The van der Waals surface area contributed by atoms with E-state index in [0.717, 1.165) is 6.26 Å². The van der Waals surface area contributed by atoms with E-state index in [0.29, 0.717) is 43.4 Å². The highest BCUT2D eigenvalue weighted by Gasteiger charge is 2.27. The number of aromatic nitrogens is 1. The fourth-order valence-electron chi connectivity index (χ4n) is 2.96. The summed E-state index contributed by atoms with van der Waals surface area (Å²) in [6, 6.07) is 0. The van der Waals surface area contributed by atoms with Crippen LogP contribution in [0.1, 0.15) is 12.1 Å². The van der Waals surface area contributed by atoms with Crippen LogP contribution in [-0.4, -0.2) is 79.0 Å². The number of rotatable bonds is 6. The largest absolute Gasteiger partial charge is 0.340 e. The maximum Gasteiger partial charge on any atom is 0.262 e. The molecule has 156 valence electrons. The van der Waals surface area contributed by atoms with E-state index in [1.54, 1.807) is 16.4 Å². The zero-order valence-electron chi connectivity index (χ0n) is 15.8. The zero-order chi connectivity index (χ0) is 21.0. The summed E-state index contributed by atoms with van der Waals surface area (Å²) in [5.74, 6) is -2.04. The monoisotopic (exact) mass is 439 g/mol. The average molecular weight is 440 g/mol. The molecule has 2 aliphatic rings. The number of sulfonamides is 1. The van der Waals surface area contributed by atoms with Crippen LogP contribution >= 0.6 is 11.3 Å². The Balaban J connectivity index is 1.46. The topological polar surface area (TPSA) is 129 Å². The van der Waals surface area contributed by atoms with Crippen LogP contribution in [0.5, 0.6) is 0 Å². The van der Waals surface area contributed by atoms with Crippen molar-refractivity contribution in [1.29, 1.82) is 0 Å². The number of thiazole rings is 1. The minimum Gasteiger partial charge on any atom is -0.340 e. The molecule has 1 saturated heterocycles. The molecule has 0 spiro atoms. The molecule has 1 aromatic rings. The van der Waals surface area contributed by atoms with Crippen molar-refractivity contribution in [2.75, 3.05) is 37.8 Å². The van der Waals surface area contributed by atoms with E-state index < -0.39 is 27.8 Å². The molecule has 1 unspecified atom stereocenters. The third kappa shape index (κ3) is 5.55. The molecular formula is C17H21N5O5S2. The van der Waals surface area contributed by atoms with Crippen molar-refractivity contribution in [1.82, 2.24) is 14.2 Å². The number of piperazine rings is 1. The van der Waals surface area contributed by atoms with Crippen molar-refractivity contribution in [3.8, 4) is 0 Å². The molecule has 1 atom stereocenters. The summed E-state index contributed by atoms with van der Waals surface area (Å²) in [6.45, 7) is 1.34. The minimum absolute atomic E-state index is 0.0625. The predicted molar refractivity (Wildman–Crippen MR) is 108 cm³/mol. The molecule has 0 aliphatic carbocycles. The molecule has 1 aromatic heterocycles. The first-order valence-electron chi connectivity index (χ1n) is 8.97. The number of aryl methyl sites for hydroxylation is 1. The lowest BCUT2D eigenvalue weighted by molar-refractivity contribution is -0.132. The molecule has 29 heavy (non-hydrogen) atoms. The molecule has 0 saturated carbocycles. The highest BCUT2D eigenvalue weighted by molar-refractivity contribution is 7.88. The number of nitrogens with one attached hydrogen (secondary N) is 1. The van der Waals surface area contributed by atoms with E-state index in [-0.39, 0.29) is 12.3 Å². The highest BCUT2D eigenvalue weighted by Crippen LogP contribution is 2.19. The third-order valence-electron chi connectivity index (χ3n) is 4.58. The van der Waals surface area contributed by atoms with Gasteiger partial charge in [-0.25, -0.2) is 18.4 Å². The van der Waals surface area contributed by atoms with Gasteiger partial charge in [0.25, 0.3) is 5.91 Å². The number of carbonyl (C=O) groups excluding carboxylic acids is 3. The lowest BCUT2D eigenvalue weighted by atomic mass is 10.1. The van der Waals surface area contributed by atoms with Gasteiger partial charge in [-0.05, 0) is 12.5 Å². The molecule has 3 amide bonds. The van der Waals surface area contributed by atoms with Crippen LogP contribution in [0.2, 0.25) is 0 Å². The third-order valence-corrected chi connectivity index (χ3v) is 6.69. The summed E-state index contributed by atoms with van der Waals surface area (Å²) >= 11 is 1.22. The first-order valence-corrected chi connectivity index (χ1v) is 11.7. The van der Waals surface area contributed by atoms with Gasteiger partial charge in [0, 0.05) is 44.2 Å². The molecule has 3 rings (SSSR count). The van der Waals surface area contributed by atoms with Crippen LogP contribution in [-0.2, 0) is 30.8 Å². The van der Waals surface area contributed by atoms with Gasteiger partial charge in [-0.2, -0.15) is 4.31 Å². The minimum atomic E-state index is -3.23. The van der Waals surface area contributed by atoms with Gasteiger partial charge in [0.05, 0.1) is 11.9 Å². The molecule has 10 nitrogen and oxygen atoms in total. The number of aliphatic imine (C=N–C) groups is 1. The van der Waals surface area contributed by atoms with Crippen molar-refractivity contribution in [3.63, 3.8) is 0 Å². The molecular weight excluding hydrogens is 418 g/mol. The summed E-state index contributed by atoms with van der Waals surface area (Å²) in [7, 11) is -3.23. The summed E-state index contributed by atoms with van der Waals surface area (Å²) in [5, 5.41) is 4.70. The predicted octanol–water partition coefficient (Wildman–Crippen LogP) is -0.0986. The number of nitrogens with zero attached hydrogens (tertiary/aromatic N) is 4. The fourth-order valence-corrected chi connectivity index (χ4v) is 4.54. The maximum absolute atomic E-state index is 12.4. The van der Waals surface area contributed by atoms with Crippen molar-refractivity contribution in [2.24, 2.45) is 10.9 Å². The lowest BCUT2D eigenvalue weighted by Gasteiger charge is -2.33. The molecule has 1 N–H and O–H groups in total. The van der Waals surface area contributed by atoms with Gasteiger partial charge in [0.1, 0.15) is 5.92 Å². The standard InChI is InChI=1S/C17H21N5O5S2/c1-29(26,27)22-9-7-21(8-10-22)14(23)5-4-12-11-28-17(19-12)20-16(25)13-3-2-6-18-15(13)24/h2-3,6,11,13H,4-5,7-10H2,1H3,(H,19,20,25). The lowest BCUT2D eigenvalue weighted by Crippen LogP contribution is -2.50. The van der Waals surface area contributed by atoms with Crippen LogP contribution in [0.15, 0.2) is 22.5 Å². The first-order chi connectivity index (χ1) is 13.7. The molecule has 0 aromatic carbocycles. The summed E-state index contributed by atoms with van der Waals surface area (Å²) in [4.78, 5) is 45.7. The normalized spacial score (nSPS) is 20.1. The molecule has 3 heterocycles. The summed E-state index contributed by atoms with van der Waals surface area (Å²) < 4.78 is 24.4. The van der Waals surface area contributed by atoms with Gasteiger partial charge in [-0.3, -0.25) is 14.4 Å². The molecule has 0 radical (unpaired) electrons. The van der Waals surface area contributed by atoms with E-state index in [4.69, 9.17) is 0 Å². The maximum atomic E-state index is 12.4. The number of carbonyl (C=O) groups is 3. The number of dihydropyridines is 1. The Morgan fingerprint density at radius 1 is 1.28 bits per heavy atom. The van der Waals surface area contributed by atoms with E-state index in [1.807, 2.05) is 0 Å². The van der Waals surface area contributed by atoms with Gasteiger partial charge in [-0.15, -0.1) is 11.3 Å². The molecule has 2 aliphatic heterocycles. The first kappa shape index (κ1) is 21.3. The Labute approximate surface area is 172 Å². The number of hydrogen-bond donors (Lipinski definition) is 1. The average Bonchev–Trinajstić information content (AvgIpc) is 3.13. The van der Waals surface area contributed by atoms with Crippen LogP contribution in [0.4, 0.5) is 5.13 Å². The quantitative estimate of drug-likeness (QED) is 0.617. The Hall–Kier alpha value is -2.44. The van der Waals surface area contributed by atoms with Crippen molar-refractivity contribution < 1.29 is 22.8 Å². The van der Waals surface area contributed by atoms with Crippen LogP contribution in [0, 0.1) is 5.92 Å². The van der Waals surface area contributed by atoms with E-state index in [1.165, 1.54) is 27.9 Å². The van der Waals surface area contributed by atoms with Crippen molar-refractivity contribution in [3.05, 3.63) is 23.2 Å². The number of hydrogen-bond acceptors (Lipinski definition) is 7. The molecule has 0 bridgehead atoms. The summed E-state index contributed by atoms with van der Waals surface area (Å²) in [5.41, 5.74) is 0.664. The highest BCUT2D eigenvalue weighted by atomic mass is 32.2. The van der Waals surface area contributed by atoms with Gasteiger partial charge in [0.2, 0.25) is 21.8 Å². The smallest absolute Gasteiger partial charge is 0.262 e. The van der Waals surface area contributed by atoms with Crippen LogP contribution < -0.4 is 5.32 Å². The zero-order valence-corrected chi connectivity index (χ0v) is 17.4. The number of amides is 3. The molecule has 12 heteroatoms. The Morgan fingerprint density at radius 2 is 2.00 bits per heavy atom. The second-order valence-electron chi connectivity index (χ2n) is 6.66. The van der Waals surface area contributed by atoms with E-state index in [9.17, 15) is 22.8 Å². The Bertz CT molecular complexity index is 961. The SMILES string of the molecule is CS(=O)(=O)N1CCN(C(=O)CCc2csc(NC(=O)C3C=CC=NC3=O)n2)CC1. The van der Waals surface area contributed by atoms with Crippen molar-refractivity contribution in [2.45, 2.75) is 12.8 Å². The van der Waals surface area contributed by atoms with E-state index in [2.05, 4.69) is 15.3 Å². The van der Waals surface area contributed by atoms with E-state index >= 15 is 0 Å². The van der Waals surface area contributed by atoms with Gasteiger partial charge >= 0.3 is 0 Å².